The molecular weight excluding hydrogens is 298 g/mol. The smallest absolute Gasteiger partial charge is 0.414 e. The van der Waals surface area contributed by atoms with E-state index in [0.29, 0.717) is 5.56 Å². The van der Waals surface area contributed by atoms with Gasteiger partial charge in [0.05, 0.1) is 11.3 Å². The van der Waals surface area contributed by atoms with Crippen LogP contribution in [0, 0.1) is 25.2 Å². The van der Waals surface area contributed by atoms with Crippen LogP contribution in [0.4, 0.5) is 5.69 Å². The van der Waals surface area contributed by atoms with Crippen LogP contribution in [0.2, 0.25) is 0 Å². The van der Waals surface area contributed by atoms with E-state index in [1.54, 1.807) is 0 Å². The SMILES string of the molecule is Cc1cc(C)c(N=C2CCCN2C)c(C#N)c1.O=C(O)C(=O)O. The largest absolute Gasteiger partial charge is 0.473 e. The summed E-state index contributed by atoms with van der Waals surface area (Å²) < 4.78 is 0. The molecule has 0 radical (unpaired) electrons. The van der Waals surface area contributed by atoms with Crippen molar-refractivity contribution in [3.8, 4) is 6.07 Å². The standard InChI is InChI=1S/C14H17N3.C2H2O4/c1-10-7-11(2)14(12(8-10)9-15)16-13-5-4-6-17(13)3;3-1(4)2(5)6/h7-8H,4-6H2,1-3H3;(H,3,4)(H,5,6). The van der Waals surface area contributed by atoms with E-state index in [1.165, 1.54) is 0 Å². The normalized spacial score (nSPS) is 14.9. The second-order valence-electron chi connectivity index (χ2n) is 5.25. The molecule has 1 aromatic carbocycles. The molecule has 0 atom stereocenters. The number of carboxylic acids is 2. The zero-order chi connectivity index (χ0) is 17.6. The number of aryl methyl sites for hydroxylation is 2. The van der Waals surface area contributed by atoms with Crippen molar-refractivity contribution in [3.63, 3.8) is 0 Å². The lowest BCUT2D eigenvalue weighted by atomic mass is 10.1. The Morgan fingerprint density at radius 1 is 1.26 bits per heavy atom. The number of carboxylic acid groups (broad SMARTS) is 2. The third kappa shape index (κ3) is 5.11. The summed E-state index contributed by atoms with van der Waals surface area (Å²) in [5, 5.41) is 24.0. The zero-order valence-corrected chi connectivity index (χ0v) is 13.3. The molecule has 0 bridgehead atoms. The maximum atomic E-state index is 9.17. The fourth-order valence-electron chi connectivity index (χ4n) is 2.26. The summed E-state index contributed by atoms with van der Waals surface area (Å²) in [6.45, 7) is 5.08. The zero-order valence-electron chi connectivity index (χ0n) is 13.3. The Bertz CT molecular complexity index is 677. The summed E-state index contributed by atoms with van der Waals surface area (Å²) in [6, 6.07) is 6.22. The van der Waals surface area contributed by atoms with Crippen LogP contribution in [-0.2, 0) is 9.59 Å². The number of nitriles is 1. The van der Waals surface area contributed by atoms with Crippen LogP contribution >= 0.6 is 0 Å². The molecule has 2 rings (SSSR count). The molecular formula is C16H19N3O4. The maximum absolute atomic E-state index is 9.17. The topological polar surface area (TPSA) is 114 Å². The second-order valence-corrected chi connectivity index (χ2v) is 5.25. The van der Waals surface area contributed by atoms with Gasteiger partial charge in [-0.1, -0.05) is 6.07 Å². The molecule has 23 heavy (non-hydrogen) atoms. The van der Waals surface area contributed by atoms with Gasteiger partial charge in [-0.2, -0.15) is 5.26 Å². The van der Waals surface area contributed by atoms with Gasteiger partial charge in [0.2, 0.25) is 0 Å². The van der Waals surface area contributed by atoms with Crippen molar-refractivity contribution in [2.24, 2.45) is 4.99 Å². The highest BCUT2D eigenvalue weighted by Crippen LogP contribution is 2.27. The van der Waals surface area contributed by atoms with Gasteiger partial charge in [-0.05, 0) is 37.5 Å². The third-order valence-corrected chi connectivity index (χ3v) is 3.32. The highest BCUT2D eigenvalue weighted by atomic mass is 16.4. The monoisotopic (exact) mass is 317 g/mol. The van der Waals surface area contributed by atoms with Gasteiger partial charge in [-0.3, -0.25) is 0 Å². The number of benzene rings is 1. The maximum Gasteiger partial charge on any atom is 0.414 e. The van der Waals surface area contributed by atoms with E-state index in [2.05, 4.69) is 29.1 Å². The molecule has 7 heteroatoms. The van der Waals surface area contributed by atoms with Crippen molar-refractivity contribution < 1.29 is 19.8 Å². The van der Waals surface area contributed by atoms with Crippen molar-refractivity contribution in [1.29, 1.82) is 5.26 Å². The van der Waals surface area contributed by atoms with Crippen LogP contribution in [0.3, 0.4) is 0 Å². The number of carbonyl (C=O) groups is 2. The number of aliphatic carboxylic acids is 2. The van der Waals surface area contributed by atoms with Gasteiger partial charge < -0.3 is 15.1 Å². The number of hydrogen-bond acceptors (Lipinski definition) is 4. The Hall–Kier alpha value is -2.88. The molecule has 1 fully saturated rings. The minimum absolute atomic E-state index is 0.676. The van der Waals surface area contributed by atoms with Crippen LogP contribution in [0.15, 0.2) is 17.1 Å². The number of amidine groups is 1. The van der Waals surface area contributed by atoms with Gasteiger partial charge in [-0.25, -0.2) is 14.6 Å². The van der Waals surface area contributed by atoms with E-state index in [-0.39, 0.29) is 0 Å². The second kappa shape index (κ2) is 7.94. The number of likely N-dealkylation sites (tertiary alicyclic amines) is 1. The van der Waals surface area contributed by atoms with Gasteiger partial charge in [0.1, 0.15) is 11.9 Å². The van der Waals surface area contributed by atoms with Gasteiger partial charge >= 0.3 is 11.9 Å². The van der Waals surface area contributed by atoms with E-state index >= 15 is 0 Å². The number of rotatable bonds is 1. The van der Waals surface area contributed by atoms with Gasteiger partial charge in [0.15, 0.2) is 0 Å². The Morgan fingerprint density at radius 3 is 2.30 bits per heavy atom. The predicted octanol–water partition coefficient (Wildman–Crippen LogP) is 2.09. The van der Waals surface area contributed by atoms with E-state index in [9.17, 15) is 5.26 Å². The lowest BCUT2D eigenvalue weighted by molar-refractivity contribution is -0.159. The molecule has 1 aliphatic rings. The summed E-state index contributed by atoms with van der Waals surface area (Å²) in [7, 11) is 2.06. The number of nitrogens with zero attached hydrogens (tertiary/aromatic N) is 3. The first kappa shape index (κ1) is 18.2. The Labute approximate surface area is 134 Å². The summed E-state index contributed by atoms with van der Waals surface area (Å²) in [5.41, 5.74) is 3.70. The van der Waals surface area contributed by atoms with Crippen LogP contribution in [0.5, 0.6) is 0 Å². The first-order valence-corrected chi connectivity index (χ1v) is 7.02. The number of aliphatic imine (C=N–C) groups is 1. The van der Waals surface area contributed by atoms with Gasteiger partial charge in [0.25, 0.3) is 0 Å². The molecule has 0 saturated carbocycles. The average molecular weight is 317 g/mol. The Balaban J connectivity index is 0.000000379. The highest BCUT2D eigenvalue weighted by molar-refractivity contribution is 6.27. The molecule has 0 aromatic heterocycles. The van der Waals surface area contributed by atoms with Crippen molar-refractivity contribution >= 4 is 23.5 Å². The molecule has 1 heterocycles. The first-order chi connectivity index (χ1) is 10.8. The lowest BCUT2D eigenvalue weighted by Crippen LogP contribution is -2.18. The lowest BCUT2D eigenvalue weighted by Gasteiger charge is -2.12. The average Bonchev–Trinajstić information content (AvgIpc) is 2.87. The minimum atomic E-state index is -1.82. The molecule has 2 N–H and O–H groups in total. The summed E-state index contributed by atoms with van der Waals surface area (Å²) in [6.07, 6.45) is 2.16. The molecule has 1 aromatic rings. The van der Waals surface area contributed by atoms with Crippen LogP contribution < -0.4 is 0 Å². The fourth-order valence-corrected chi connectivity index (χ4v) is 2.26. The quantitative estimate of drug-likeness (QED) is 0.766. The van der Waals surface area contributed by atoms with Crippen molar-refractivity contribution in [3.05, 3.63) is 28.8 Å². The third-order valence-electron chi connectivity index (χ3n) is 3.32. The van der Waals surface area contributed by atoms with Crippen LogP contribution in [0.25, 0.3) is 0 Å². The molecule has 0 aliphatic carbocycles. The van der Waals surface area contributed by atoms with E-state index in [0.717, 1.165) is 42.0 Å². The molecule has 0 spiro atoms. The summed E-state index contributed by atoms with van der Waals surface area (Å²) in [4.78, 5) is 25.0. The summed E-state index contributed by atoms with van der Waals surface area (Å²) >= 11 is 0. The number of hydrogen-bond donors (Lipinski definition) is 2. The molecule has 122 valence electrons. The Kier molecular flexibility index (Phi) is 6.27. The summed E-state index contributed by atoms with van der Waals surface area (Å²) in [5.74, 6) is -2.56. The predicted molar refractivity (Wildman–Crippen MR) is 84.9 cm³/mol. The highest BCUT2D eigenvalue weighted by Gasteiger charge is 2.15. The molecule has 1 saturated heterocycles. The van der Waals surface area contributed by atoms with Crippen LogP contribution in [0.1, 0.15) is 29.5 Å². The van der Waals surface area contributed by atoms with Gasteiger partial charge in [0, 0.05) is 20.0 Å². The molecule has 0 amide bonds. The van der Waals surface area contributed by atoms with Gasteiger partial charge in [-0.15, -0.1) is 0 Å². The Morgan fingerprint density at radius 2 is 1.87 bits per heavy atom. The molecule has 7 nitrogen and oxygen atoms in total. The fraction of sp³-hybridized carbons (Fsp3) is 0.375. The van der Waals surface area contributed by atoms with E-state index < -0.39 is 11.9 Å². The van der Waals surface area contributed by atoms with Crippen molar-refractivity contribution in [2.45, 2.75) is 26.7 Å². The van der Waals surface area contributed by atoms with Crippen LogP contribution in [-0.4, -0.2) is 46.5 Å². The van der Waals surface area contributed by atoms with Crippen molar-refractivity contribution in [2.75, 3.05) is 13.6 Å². The van der Waals surface area contributed by atoms with E-state index in [4.69, 9.17) is 19.8 Å². The van der Waals surface area contributed by atoms with E-state index in [1.807, 2.05) is 19.9 Å². The first-order valence-electron chi connectivity index (χ1n) is 7.02. The molecule has 0 unspecified atom stereocenters. The molecule has 1 aliphatic heterocycles. The minimum Gasteiger partial charge on any atom is -0.473 e. The van der Waals surface area contributed by atoms with Crippen molar-refractivity contribution in [1.82, 2.24) is 4.90 Å².